The Morgan fingerprint density at radius 3 is 2.95 bits per heavy atom. The van der Waals surface area contributed by atoms with Crippen LogP contribution in [0.1, 0.15) is 5.56 Å². The molecule has 3 heteroatoms. The number of anilines is 1. The van der Waals surface area contributed by atoms with Crippen LogP contribution >= 0.6 is 0 Å². The average molecular weight is 248 g/mol. The number of hydrogen-bond donors (Lipinski definition) is 2. The first-order valence-electron chi connectivity index (χ1n) is 6.30. The van der Waals surface area contributed by atoms with Crippen LogP contribution in [-0.2, 0) is 11.2 Å². The number of aromatic nitrogens is 1. The summed E-state index contributed by atoms with van der Waals surface area (Å²) >= 11 is 0. The summed E-state index contributed by atoms with van der Waals surface area (Å²) in [7, 11) is 0. The highest BCUT2D eigenvalue weighted by atomic mass is 16.1. The predicted molar refractivity (Wildman–Crippen MR) is 76.1 cm³/mol. The Balaban J connectivity index is 1.91. The highest BCUT2D eigenvalue weighted by Gasteiger charge is 2.18. The number of hydrogen-bond acceptors (Lipinski definition) is 1. The molecule has 19 heavy (non-hydrogen) atoms. The zero-order valence-electron chi connectivity index (χ0n) is 10.2. The van der Waals surface area contributed by atoms with E-state index in [1.165, 1.54) is 10.9 Å². The zero-order chi connectivity index (χ0) is 12.8. The number of rotatable bonds is 1. The van der Waals surface area contributed by atoms with Gasteiger partial charge in [0.05, 0.1) is 11.9 Å². The Morgan fingerprint density at radius 1 is 1.05 bits per heavy atom. The second-order valence-electron chi connectivity index (χ2n) is 4.84. The molecule has 2 aromatic carbocycles. The van der Waals surface area contributed by atoms with Gasteiger partial charge in [-0.25, -0.2) is 0 Å². The first-order chi connectivity index (χ1) is 9.31. The number of benzene rings is 2. The lowest BCUT2D eigenvalue weighted by Crippen LogP contribution is -2.03. The third-order valence-corrected chi connectivity index (χ3v) is 3.63. The van der Waals surface area contributed by atoms with Crippen molar-refractivity contribution in [1.29, 1.82) is 0 Å². The molecule has 0 fully saturated rings. The van der Waals surface area contributed by atoms with Gasteiger partial charge in [0.1, 0.15) is 0 Å². The normalized spacial score (nSPS) is 13.6. The van der Waals surface area contributed by atoms with Crippen LogP contribution in [-0.4, -0.2) is 10.9 Å². The predicted octanol–water partition coefficient (Wildman–Crippen LogP) is 3.33. The van der Waals surface area contributed by atoms with Gasteiger partial charge in [-0.05, 0) is 34.7 Å². The van der Waals surface area contributed by atoms with Crippen LogP contribution in [0.15, 0.2) is 48.7 Å². The van der Waals surface area contributed by atoms with Gasteiger partial charge >= 0.3 is 0 Å². The van der Waals surface area contributed by atoms with Crippen LogP contribution < -0.4 is 5.32 Å². The van der Waals surface area contributed by atoms with Gasteiger partial charge in [0.15, 0.2) is 0 Å². The molecule has 0 spiro atoms. The van der Waals surface area contributed by atoms with Gasteiger partial charge in [-0.1, -0.05) is 24.3 Å². The summed E-state index contributed by atoms with van der Waals surface area (Å²) in [5, 5.41) is 4.06. The monoisotopic (exact) mass is 248 g/mol. The number of para-hydroxylation sites is 1. The van der Waals surface area contributed by atoms with Crippen LogP contribution in [0.5, 0.6) is 0 Å². The minimum atomic E-state index is 0.0743. The van der Waals surface area contributed by atoms with Crippen molar-refractivity contribution in [3.8, 4) is 11.1 Å². The third-order valence-electron chi connectivity index (χ3n) is 3.63. The van der Waals surface area contributed by atoms with Crippen molar-refractivity contribution in [2.45, 2.75) is 6.42 Å². The molecular weight excluding hydrogens is 236 g/mol. The number of nitrogens with one attached hydrogen (secondary N) is 2. The molecule has 0 radical (unpaired) electrons. The molecule has 2 heterocycles. The van der Waals surface area contributed by atoms with Crippen molar-refractivity contribution in [1.82, 2.24) is 4.98 Å². The third kappa shape index (κ3) is 1.55. The standard InChI is InChI=1S/C16H12N2O/c19-15-9-12-8-11(4-5-14(12)18-15)13-3-1-2-10-6-7-17-16(10)13/h1-8,17H,9H2,(H,18,19). The van der Waals surface area contributed by atoms with Crippen LogP contribution in [0.2, 0.25) is 0 Å². The highest BCUT2D eigenvalue weighted by Crippen LogP contribution is 2.32. The molecule has 1 aliphatic heterocycles. The summed E-state index contributed by atoms with van der Waals surface area (Å²) in [6.45, 7) is 0. The van der Waals surface area contributed by atoms with E-state index in [0.29, 0.717) is 6.42 Å². The van der Waals surface area contributed by atoms with E-state index in [9.17, 15) is 4.79 Å². The fourth-order valence-corrected chi connectivity index (χ4v) is 2.72. The Hall–Kier alpha value is -2.55. The fourth-order valence-electron chi connectivity index (χ4n) is 2.72. The second-order valence-corrected chi connectivity index (χ2v) is 4.84. The van der Waals surface area contributed by atoms with Gasteiger partial charge in [0.2, 0.25) is 5.91 Å². The minimum absolute atomic E-state index is 0.0743. The number of carbonyl (C=O) groups is 1. The molecule has 3 aromatic rings. The number of fused-ring (bicyclic) bond motifs is 2. The molecule has 1 amide bonds. The van der Waals surface area contributed by atoms with Crippen molar-refractivity contribution in [2.24, 2.45) is 0 Å². The maximum absolute atomic E-state index is 11.4. The summed E-state index contributed by atoms with van der Waals surface area (Å²) in [6.07, 6.45) is 2.43. The molecule has 0 saturated heterocycles. The van der Waals surface area contributed by atoms with E-state index >= 15 is 0 Å². The molecule has 4 rings (SSSR count). The Labute approximate surface area is 110 Å². The average Bonchev–Trinajstić information content (AvgIpc) is 3.01. The summed E-state index contributed by atoms with van der Waals surface area (Å²) < 4.78 is 0. The van der Waals surface area contributed by atoms with E-state index in [2.05, 4.69) is 46.7 Å². The van der Waals surface area contributed by atoms with E-state index in [1.807, 2.05) is 12.3 Å². The fraction of sp³-hybridized carbons (Fsp3) is 0.0625. The van der Waals surface area contributed by atoms with E-state index in [-0.39, 0.29) is 5.91 Å². The molecule has 0 atom stereocenters. The first kappa shape index (κ1) is 10.4. The molecule has 1 aromatic heterocycles. The topological polar surface area (TPSA) is 44.9 Å². The van der Waals surface area contributed by atoms with E-state index in [1.54, 1.807) is 0 Å². The summed E-state index contributed by atoms with van der Waals surface area (Å²) in [5.41, 5.74) is 5.46. The molecular formula is C16H12N2O. The van der Waals surface area contributed by atoms with E-state index < -0.39 is 0 Å². The molecule has 0 bridgehead atoms. The number of H-pyrrole nitrogens is 1. The minimum Gasteiger partial charge on any atom is -0.361 e. The second kappa shape index (κ2) is 3.72. The lowest BCUT2D eigenvalue weighted by Gasteiger charge is -2.06. The maximum atomic E-state index is 11.4. The van der Waals surface area contributed by atoms with Gasteiger partial charge in [-0.15, -0.1) is 0 Å². The number of carbonyl (C=O) groups excluding carboxylic acids is 1. The molecule has 0 unspecified atom stereocenters. The number of aromatic amines is 1. The van der Waals surface area contributed by atoms with E-state index in [0.717, 1.165) is 22.3 Å². The Morgan fingerprint density at radius 2 is 2.00 bits per heavy atom. The maximum Gasteiger partial charge on any atom is 0.228 e. The van der Waals surface area contributed by atoms with Gasteiger partial charge in [0.25, 0.3) is 0 Å². The Bertz CT molecular complexity index is 801. The van der Waals surface area contributed by atoms with Crippen molar-refractivity contribution >= 4 is 22.5 Å². The molecule has 0 saturated carbocycles. The first-order valence-corrected chi connectivity index (χ1v) is 6.30. The van der Waals surface area contributed by atoms with Gasteiger partial charge in [-0.3, -0.25) is 4.79 Å². The van der Waals surface area contributed by atoms with Crippen LogP contribution in [0.25, 0.3) is 22.0 Å². The van der Waals surface area contributed by atoms with Gasteiger partial charge in [0, 0.05) is 17.4 Å². The van der Waals surface area contributed by atoms with Crippen molar-refractivity contribution < 1.29 is 4.79 Å². The Kier molecular flexibility index (Phi) is 2.03. The zero-order valence-corrected chi connectivity index (χ0v) is 10.2. The molecule has 92 valence electrons. The molecule has 3 nitrogen and oxygen atoms in total. The summed E-state index contributed by atoms with van der Waals surface area (Å²) in [6, 6.07) is 14.5. The van der Waals surface area contributed by atoms with Crippen molar-refractivity contribution in [2.75, 3.05) is 5.32 Å². The summed E-state index contributed by atoms with van der Waals surface area (Å²) in [4.78, 5) is 14.7. The SMILES string of the molecule is O=C1Cc2cc(-c3cccc4cc[nH]c34)ccc2N1. The quantitative estimate of drug-likeness (QED) is 0.681. The molecule has 0 aliphatic carbocycles. The van der Waals surface area contributed by atoms with E-state index in [4.69, 9.17) is 0 Å². The lowest BCUT2D eigenvalue weighted by atomic mass is 10.00. The highest BCUT2D eigenvalue weighted by molar-refractivity contribution is 6.01. The summed E-state index contributed by atoms with van der Waals surface area (Å²) in [5.74, 6) is 0.0743. The van der Waals surface area contributed by atoms with Crippen molar-refractivity contribution in [3.05, 3.63) is 54.2 Å². The van der Waals surface area contributed by atoms with Gasteiger partial charge in [-0.2, -0.15) is 0 Å². The smallest absolute Gasteiger partial charge is 0.228 e. The lowest BCUT2D eigenvalue weighted by molar-refractivity contribution is -0.115. The van der Waals surface area contributed by atoms with Crippen LogP contribution in [0.3, 0.4) is 0 Å². The van der Waals surface area contributed by atoms with Gasteiger partial charge < -0.3 is 10.3 Å². The van der Waals surface area contributed by atoms with Crippen molar-refractivity contribution in [3.63, 3.8) is 0 Å². The van der Waals surface area contributed by atoms with Crippen LogP contribution in [0.4, 0.5) is 5.69 Å². The molecule has 1 aliphatic rings. The molecule has 2 N–H and O–H groups in total. The van der Waals surface area contributed by atoms with Crippen LogP contribution in [0, 0.1) is 0 Å². The largest absolute Gasteiger partial charge is 0.361 e. The number of amides is 1.